The van der Waals surface area contributed by atoms with E-state index in [1.54, 1.807) is 13.2 Å². The van der Waals surface area contributed by atoms with E-state index in [1.807, 2.05) is 25.1 Å². The van der Waals surface area contributed by atoms with Gasteiger partial charge in [0.1, 0.15) is 28.4 Å². The molecule has 0 aliphatic heterocycles. The Hall–Kier alpha value is -2.35. The molecule has 0 unspecified atom stereocenters. The third-order valence-corrected chi connectivity index (χ3v) is 5.10. The number of nitrogens with zero attached hydrogens (tertiary/aromatic N) is 4. The zero-order valence-electron chi connectivity index (χ0n) is 13.4. The Morgan fingerprint density at radius 3 is 2.72 bits per heavy atom. The van der Waals surface area contributed by atoms with Gasteiger partial charge in [-0.2, -0.15) is 0 Å². The van der Waals surface area contributed by atoms with E-state index in [0.29, 0.717) is 27.6 Å². The number of hydrogen-bond donors (Lipinski definition) is 1. The lowest BCUT2D eigenvalue weighted by molar-refractivity contribution is 0.270. The highest BCUT2D eigenvalue weighted by Crippen LogP contribution is 2.38. The Morgan fingerprint density at radius 1 is 1.12 bits per heavy atom. The first-order valence-electron chi connectivity index (χ1n) is 7.48. The number of aromatic nitrogens is 4. The van der Waals surface area contributed by atoms with E-state index in [9.17, 15) is 5.11 Å². The summed E-state index contributed by atoms with van der Waals surface area (Å²) in [5, 5.41) is 18.7. The van der Waals surface area contributed by atoms with Crippen molar-refractivity contribution in [3.63, 3.8) is 0 Å². The van der Waals surface area contributed by atoms with Crippen LogP contribution in [0.4, 0.5) is 0 Å². The number of hydrogen-bond acceptors (Lipinski definition) is 7. The van der Waals surface area contributed by atoms with Crippen LogP contribution in [0.2, 0.25) is 5.02 Å². The van der Waals surface area contributed by atoms with Gasteiger partial charge in [-0.25, -0.2) is 9.97 Å². The zero-order chi connectivity index (χ0) is 17.6. The highest BCUT2D eigenvalue weighted by atomic mass is 35.5. The fourth-order valence-corrected chi connectivity index (χ4v) is 3.99. The molecule has 4 rings (SSSR count). The maximum Gasteiger partial charge on any atom is 0.177 e. The zero-order valence-corrected chi connectivity index (χ0v) is 15.0. The SMILES string of the molecule is COc1cc(Cl)c2nc(-c3cc(C)cc4nc(CO)nnc34)sc2c1. The molecule has 2 aromatic carbocycles. The summed E-state index contributed by atoms with van der Waals surface area (Å²) >= 11 is 7.83. The molecule has 0 amide bonds. The summed E-state index contributed by atoms with van der Waals surface area (Å²) in [5.74, 6) is 0.983. The Balaban J connectivity index is 1.97. The van der Waals surface area contributed by atoms with Crippen LogP contribution in [0, 0.1) is 6.92 Å². The molecule has 0 radical (unpaired) electrons. The number of rotatable bonds is 3. The summed E-state index contributed by atoms with van der Waals surface area (Å²) in [6.45, 7) is 1.73. The summed E-state index contributed by atoms with van der Waals surface area (Å²) in [5.41, 5.74) is 3.91. The van der Waals surface area contributed by atoms with Crippen LogP contribution in [0.15, 0.2) is 24.3 Å². The molecule has 2 heterocycles. The van der Waals surface area contributed by atoms with Crippen LogP contribution in [0.1, 0.15) is 11.4 Å². The largest absolute Gasteiger partial charge is 0.497 e. The van der Waals surface area contributed by atoms with Crippen LogP contribution < -0.4 is 4.74 Å². The molecule has 0 atom stereocenters. The molecule has 6 nitrogen and oxygen atoms in total. The number of aliphatic hydroxyl groups is 1. The molecule has 0 saturated heterocycles. The lowest BCUT2D eigenvalue weighted by Gasteiger charge is -2.05. The summed E-state index contributed by atoms with van der Waals surface area (Å²) in [6, 6.07) is 7.57. The average molecular weight is 373 g/mol. The summed E-state index contributed by atoms with van der Waals surface area (Å²) in [6.07, 6.45) is 0. The van der Waals surface area contributed by atoms with Crippen molar-refractivity contribution in [2.75, 3.05) is 7.11 Å². The Kier molecular flexibility index (Phi) is 3.99. The number of thiazole rings is 1. The second-order valence-corrected chi connectivity index (χ2v) is 6.98. The van der Waals surface area contributed by atoms with Gasteiger partial charge in [0.25, 0.3) is 0 Å². The monoisotopic (exact) mass is 372 g/mol. The fraction of sp³-hybridized carbons (Fsp3) is 0.176. The van der Waals surface area contributed by atoms with E-state index in [1.165, 1.54) is 11.3 Å². The van der Waals surface area contributed by atoms with Crippen LogP contribution in [-0.2, 0) is 6.61 Å². The quantitative estimate of drug-likeness (QED) is 0.589. The van der Waals surface area contributed by atoms with E-state index < -0.39 is 0 Å². The molecule has 0 aliphatic carbocycles. The molecule has 2 aromatic heterocycles. The number of aliphatic hydroxyl groups excluding tert-OH is 1. The van der Waals surface area contributed by atoms with Gasteiger partial charge < -0.3 is 9.84 Å². The first-order chi connectivity index (χ1) is 12.1. The summed E-state index contributed by atoms with van der Waals surface area (Å²) in [7, 11) is 1.60. The Labute approximate surface area is 152 Å². The highest BCUT2D eigenvalue weighted by molar-refractivity contribution is 7.21. The molecule has 0 fully saturated rings. The molecular formula is C17H13ClN4O2S. The normalized spacial score (nSPS) is 11.4. The van der Waals surface area contributed by atoms with E-state index in [2.05, 4.69) is 20.2 Å². The van der Waals surface area contributed by atoms with Crippen LogP contribution >= 0.6 is 22.9 Å². The topological polar surface area (TPSA) is 81.0 Å². The van der Waals surface area contributed by atoms with E-state index >= 15 is 0 Å². The molecule has 126 valence electrons. The van der Waals surface area contributed by atoms with Gasteiger partial charge in [0.05, 0.1) is 22.3 Å². The van der Waals surface area contributed by atoms with Crippen LogP contribution in [0.5, 0.6) is 5.75 Å². The molecule has 4 aromatic rings. The van der Waals surface area contributed by atoms with Crippen molar-refractivity contribution in [2.24, 2.45) is 0 Å². The smallest absolute Gasteiger partial charge is 0.177 e. The van der Waals surface area contributed by atoms with Crippen molar-refractivity contribution in [1.29, 1.82) is 0 Å². The first-order valence-corrected chi connectivity index (χ1v) is 8.67. The molecule has 25 heavy (non-hydrogen) atoms. The Morgan fingerprint density at radius 2 is 1.96 bits per heavy atom. The predicted molar refractivity (Wildman–Crippen MR) is 98.2 cm³/mol. The Bertz CT molecular complexity index is 1110. The molecule has 0 aliphatic rings. The molecule has 0 bridgehead atoms. The number of benzene rings is 2. The van der Waals surface area contributed by atoms with Gasteiger partial charge in [0, 0.05) is 11.6 Å². The lowest BCUT2D eigenvalue weighted by atomic mass is 10.1. The summed E-state index contributed by atoms with van der Waals surface area (Å²) in [4.78, 5) is 9.02. The molecule has 8 heteroatoms. The molecule has 1 N–H and O–H groups in total. The molecule has 0 saturated carbocycles. The van der Waals surface area contributed by atoms with Gasteiger partial charge >= 0.3 is 0 Å². The molecular weight excluding hydrogens is 360 g/mol. The summed E-state index contributed by atoms with van der Waals surface area (Å²) < 4.78 is 6.20. The minimum absolute atomic E-state index is 0.247. The van der Waals surface area contributed by atoms with Crippen molar-refractivity contribution in [2.45, 2.75) is 13.5 Å². The number of halogens is 1. The van der Waals surface area contributed by atoms with Crippen LogP contribution in [0.3, 0.4) is 0 Å². The maximum atomic E-state index is 9.23. The van der Waals surface area contributed by atoms with E-state index in [4.69, 9.17) is 16.3 Å². The second-order valence-electron chi connectivity index (χ2n) is 5.54. The van der Waals surface area contributed by atoms with Crippen molar-refractivity contribution >= 4 is 44.2 Å². The highest BCUT2D eigenvalue weighted by Gasteiger charge is 2.16. The number of methoxy groups -OCH3 is 1. The van der Waals surface area contributed by atoms with Crippen molar-refractivity contribution < 1.29 is 9.84 Å². The minimum Gasteiger partial charge on any atom is -0.497 e. The predicted octanol–water partition coefficient (Wildman–Crippen LogP) is 3.76. The number of ether oxygens (including phenoxy) is 1. The standard InChI is InChI=1S/C17H13ClN4O2S/c1-8-3-10(15-12(4-8)19-14(7-23)21-22-15)17-20-16-11(18)5-9(24-2)6-13(16)25-17/h3-6,23H,7H2,1-2H3. The van der Waals surface area contributed by atoms with Gasteiger partial charge in [-0.1, -0.05) is 11.6 Å². The van der Waals surface area contributed by atoms with Gasteiger partial charge in [-0.3, -0.25) is 0 Å². The van der Waals surface area contributed by atoms with Gasteiger partial charge in [-0.05, 0) is 30.7 Å². The van der Waals surface area contributed by atoms with Crippen LogP contribution in [0.25, 0.3) is 31.8 Å². The van der Waals surface area contributed by atoms with Gasteiger partial charge in [-0.15, -0.1) is 21.5 Å². The van der Waals surface area contributed by atoms with Gasteiger partial charge in [0.15, 0.2) is 5.82 Å². The number of fused-ring (bicyclic) bond motifs is 2. The maximum absolute atomic E-state index is 9.23. The average Bonchev–Trinajstić information content (AvgIpc) is 3.04. The third-order valence-electron chi connectivity index (χ3n) is 3.78. The van der Waals surface area contributed by atoms with Crippen molar-refractivity contribution in [3.8, 4) is 16.3 Å². The van der Waals surface area contributed by atoms with E-state index in [-0.39, 0.29) is 6.61 Å². The lowest BCUT2D eigenvalue weighted by Crippen LogP contribution is -1.99. The first kappa shape index (κ1) is 16.1. The number of aryl methyl sites for hydroxylation is 1. The van der Waals surface area contributed by atoms with Crippen LogP contribution in [-0.4, -0.2) is 32.4 Å². The van der Waals surface area contributed by atoms with Crippen molar-refractivity contribution in [3.05, 3.63) is 40.7 Å². The minimum atomic E-state index is -0.247. The second kappa shape index (κ2) is 6.18. The third kappa shape index (κ3) is 2.80. The van der Waals surface area contributed by atoms with Crippen molar-refractivity contribution in [1.82, 2.24) is 20.2 Å². The fourth-order valence-electron chi connectivity index (χ4n) is 2.65. The van der Waals surface area contributed by atoms with E-state index in [0.717, 1.165) is 26.4 Å². The van der Waals surface area contributed by atoms with Gasteiger partial charge in [0.2, 0.25) is 0 Å². The molecule has 0 spiro atoms.